The highest BCUT2D eigenvalue weighted by molar-refractivity contribution is 9.10. The predicted molar refractivity (Wildman–Crippen MR) is 98.8 cm³/mol. The molecule has 2 rings (SSSR count). The van der Waals surface area contributed by atoms with Gasteiger partial charge in [0.1, 0.15) is 0 Å². The van der Waals surface area contributed by atoms with Crippen LogP contribution in [0.5, 0.6) is 0 Å². The van der Waals surface area contributed by atoms with Gasteiger partial charge in [-0.25, -0.2) is 13.1 Å². The maximum Gasteiger partial charge on any atom is 0.251 e. The molecule has 0 aliphatic rings. The molecule has 25 heavy (non-hydrogen) atoms. The van der Waals surface area contributed by atoms with E-state index in [4.69, 9.17) is 4.74 Å². The number of hydrogen-bond donors (Lipinski definition) is 2. The fourth-order valence-electron chi connectivity index (χ4n) is 2.08. The van der Waals surface area contributed by atoms with E-state index in [1.54, 1.807) is 0 Å². The lowest BCUT2D eigenvalue weighted by Crippen LogP contribution is -2.27. The van der Waals surface area contributed by atoms with E-state index in [1.807, 2.05) is 24.3 Å². The van der Waals surface area contributed by atoms with E-state index in [9.17, 15) is 13.2 Å². The SMILES string of the molecule is COCCNS(=O)(=O)c1ccc(C(=O)NCc2cccc(Br)c2)cc1. The van der Waals surface area contributed by atoms with Crippen LogP contribution in [-0.2, 0) is 21.3 Å². The summed E-state index contributed by atoms with van der Waals surface area (Å²) in [5, 5.41) is 2.80. The fraction of sp³-hybridized carbons (Fsp3) is 0.235. The molecule has 6 nitrogen and oxygen atoms in total. The van der Waals surface area contributed by atoms with Crippen molar-refractivity contribution in [2.75, 3.05) is 20.3 Å². The molecule has 134 valence electrons. The number of carbonyl (C=O) groups is 1. The molecule has 0 radical (unpaired) electrons. The van der Waals surface area contributed by atoms with Crippen molar-refractivity contribution in [2.45, 2.75) is 11.4 Å². The zero-order chi connectivity index (χ0) is 18.3. The van der Waals surface area contributed by atoms with Gasteiger partial charge in [0.2, 0.25) is 10.0 Å². The second kappa shape index (κ2) is 9.10. The third-order valence-electron chi connectivity index (χ3n) is 3.37. The molecule has 0 heterocycles. The monoisotopic (exact) mass is 426 g/mol. The summed E-state index contributed by atoms with van der Waals surface area (Å²) in [4.78, 5) is 12.3. The van der Waals surface area contributed by atoms with Crippen LogP contribution >= 0.6 is 15.9 Å². The van der Waals surface area contributed by atoms with Crippen LogP contribution in [0.1, 0.15) is 15.9 Å². The van der Waals surface area contributed by atoms with Crippen molar-refractivity contribution in [3.63, 3.8) is 0 Å². The van der Waals surface area contributed by atoms with Gasteiger partial charge in [0.25, 0.3) is 5.91 Å². The quantitative estimate of drug-likeness (QED) is 0.634. The van der Waals surface area contributed by atoms with Gasteiger partial charge >= 0.3 is 0 Å². The number of rotatable bonds is 8. The summed E-state index contributed by atoms with van der Waals surface area (Å²) in [6.07, 6.45) is 0. The zero-order valence-electron chi connectivity index (χ0n) is 13.7. The standard InChI is InChI=1S/C17H19BrN2O4S/c1-24-10-9-20-25(22,23)16-7-5-14(6-8-16)17(21)19-12-13-3-2-4-15(18)11-13/h2-8,11,20H,9-10,12H2,1H3,(H,19,21). The van der Waals surface area contributed by atoms with E-state index in [1.165, 1.54) is 31.4 Å². The molecular weight excluding hydrogens is 408 g/mol. The van der Waals surface area contributed by atoms with Crippen molar-refractivity contribution in [1.29, 1.82) is 0 Å². The van der Waals surface area contributed by atoms with Crippen molar-refractivity contribution in [3.05, 3.63) is 64.1 Å². The summed E-state index contributed by atoms with van der Waals surface area (Å²) in [5.74, 6) is -0.267. The van der Waals surface area contributed by atoms with Gasteiger partial charge in [-0.15, -0.1) is 0 Å². The van der Waals surface area contributed by atoms with Crippen LogP contribution in [0.4, 0.5) is 0 Å². The van der Waals surface area contributed by atoms with Gasteiger partial charge in [0.05, 0.1) is 11.5 Å². The smallest absolute Gasteiger partial charge is 0.251 e. The van der Waals surface area contributed by atoms with Crippen LogP contribution in [0, 0.1) is 0 Å². The number of benzene rings is 2. The second-order valence-corrected chi connectivity index (χ2v) is 7.91. The van der Waals surface area contributed by atoms with E-state index < -0.39 is 10.0 Å². The van der Waals surface area contributed by atoms with Crippen LogP contribution in [0.25, 0.3) is 0 Å². The number of ether oxygens (including phenoxy) is 1. The second-order valence-electron chi connectivity index (χ2n) is 5.23. The van der Waals surface area contributed by atoms with Crippen molar-refractivity contribution in [2.24, 2.45) is 0 Å². The number of halogens is 1. The molecule has 2 aromatic rings. The number of hydrogen-bond acceptors (Lipinski definition) is 4. The predicted octanol–water partition coefficient (Wildman–Crippen LogP) is 2.30. The van der Waals surface area contributed by atoms with Crippen molar-refractivity contribution in [1.82, 2.24) is 10.0 Å². The van der Waals surface area contributed by atoms with E-state index in [0.717, 1.165) is 10.0 Å². The molecule has 0 aromatic heterocycles. The van der Waals surface area contributed by atoms with Gasteiger partial charge in [-0.1, -0.05) is 28.1 Å². The Labute approximate surface area is 155 Å². The number of carbonyl (C=O) groups excluding carboxylic acids is 1. The molecule has 0 saturated heterocycles. The first-order chi connectivity index (χ1) is 11.9. The summed E-state index contributed by atoms with van der Waals surface area (Å²) in [5.41, 5.74) is 1.36. The largest absolute Gasteiger partial charge is 0.383 e. The molecule has 2 N–H and O–H groups in total. The number of nitrogens with one attached hydrogen (secondary N) is 2. The van der Waals surface area contributed by atoms with E-state index in [2.05, 4.69) is 26.0 Å². The highest BCUT2D eigenvalue weighted by Crippen LogP contribution is 2.13. The fourth-order valence-corrected chi connectivity index (χ4v) is 3.54. The van der Waals surface area contributed by atoms with Gasteiger partial charge in [0, 0.05) is 30.2 Å². The summed E-state index contributed by atoms with van der Waals surface area (Å²) in [7, 11) is -2.11. The summed E-state index contributed by atoms with van der Waals surface area (Å²) in [6, 6.07) is 13.4. The zero-order valence-corrected chi connectivity index (χ0v) is 16.1. The Morgan fingerprint density at radius 3 is 2.52 bits per heavy atom. The third-order valence-corrected chi connectivity index (χ3v) is 5.34. The lowest BCUT2D eigenvalue weighted by Gasteiger charge is -2.08. The highest BCUT2D eigenvalue weighted by Gasteiger charge is 2.14. The molecule has 0 unspecified atom stereocenters. The van der Waals surface area contributed by atoms with Crippen molar-refractivity contribution in [3.8, 4) is 0 Å². The topological polar surface area (TPSA) is 84.5 Å². The Kier molecular flexibility index (Phi) is 7.12. The third kappa shape index (κ3) is 5.93. The first kappa shape index (κ1) is 19.6. The molecule has 0 aliphatic carbocycles. The van der Waals surface area contributed by atoms with Gasteiger partial charge in [0.15, 0.2) is 0 Å². The van der Waals surface area contributed by atoms with Crippen LogP contribution in [-0.4, -0.2) is 34.6 Å². The average molecular weight is 427 g/mol. The molecule has 0 spiro atoms. The molecule has 0 bridgehead atoms. The molecular formula is C17H19BrN2O4S. The lowest BCUT2D eigenvalue weighted by molar-refractivity contribution is 0.0951. The Hall–Kier alpha value is -1.74. The number of amides is 1. The first-order valence-electron chi connectivity index (χ1n) is 7.54. The van der Waals surface area contributed by atoms with Crippen LogP contribution in [0.15, 0.2) is 57.9 Å². The van der Waals surface area contributed by atoms with Gasteiger partial charge in [-0.3, -0.25) is 4.79 Å². The van der Waals surface area contributed by atoms with Crippen LogP contribution in [0.2, 0.25) is 0 Å². The van der Waals surface area contributed by atoms with Crippen molar-refractivity contribution < 1.29 is 17.9 Å². The minimum absolute atomic E-state index is 0.104. The summed E-state index contributed by atoms with van der Waals surface area (Å²) < 4.78 is 32.3. The number of methoxy groups -OCH3 is 1. The minimum atomic E-state index is -3.60. The van der Waals surface area contributed by atoms with Gasteiger partial charge < -0.3 is 10.1 Å². The average Bonchev–Trinajstić information content (AvgIpc) is 2.60. The Morgan fingerprint density at radius 1 is 1.16 bits per heavy atom. The van der Waals surface area contributed by atoms with E-state index in [0.29, 0.717) is 12.1 Å². The molecule has 8 heteroatoms. The molecule has 0 aliphatic heterocycles. The van der Waals surface area contributed by atoms with Crippen LogP contribution in [0.3, 0.4) is 0 Å². The summed E-state index contributed by atoms with van der Waals surface area (Å²) in [6.45, 7) is 0.861. The molecule has 1 amide bonds. The Morgan fingerprint density at radius 2 is 1.88 bits per heavy atom. The Bertz CT molecular complexity index is 823. The van der Waals surface area contributed by atoms with E-state index in [-0.39, 0.29) is 24.0 Å². The van der Waals surface area contributed by atoms with Crippen LogP contribution < -0.4 is 10.0 Å². The first-order valence-corrected chi connectivity index (χ1v) is 9.81. The Balaban J connectivity index is 1.98. The highest BCUT2D eigenvalue weighted by atomic mass is 79.9. The molecule has 2 aromatic carbocycles. The number of sulfonamides is 1. The molecule has 0 fully saturated rings. The maximum atomic E-state index is 12.2. The normalized spacial score (nSPS) is 11.3. The maximum absolute atomic E-state index is 12.2. The molecule has 0 saturated carbocycles. The molecule has 0 atom stereocenters. The van der Waals surface area contributed by atoms with Gasteiger partial charge in [-0.2, -0.15) is 0 Å². The lowest BCUT2D eigenvalue weighted by atomic mass is 10.2. The van der Waals surface area contributed by atoms with Crippen molar-refractivity contribution >= 4 is 31.9 Å². The minimum Gasteiger partial charge on any atom is -0.383 e. The van der Waals surface area contributed by atoms with Gasteiger partial charge in [-0.05, 0) is 42.0 Å². The summed E-state index contributed by atoms with van der Waals surface area (Å²) >= 11 is 3.38. The van der Waals surface area contributed by atoms with E-state index >= 15 is 0 Å².